The summed E-state index contributed by atoms with van der Waals surface area (Å²) >= 11 is 2.27. The molecule has 0 aliphatic carbocycles. The zero-order valence-electron chi connectivity index (χ0n) is 15.6. The van der Waals surface area contributed by atoms with Gasteiger partial charge < -0.3 is 10.6 Å². The number of carbonyl (C=O) groups excluding carboxylic acids is 2. The maximum atomic E-state index is 12.1. The average molecular weight is 444 g/mol. The first-order valence-electron chi connectivity index (χ1n) is 8.54. The second-order valence-electron chi connectivity index (χ2n) is 5.96. The molecule has 0 aliphatic heterocycles. The molecule has 2 aromatic carbocycles. The summed E-state index contributed by atoms with van der Waals surface area (Å²) in [5.41, 5.74) is 1.96. The Kier molecular flexibility index (Phi) is 6.93. The van der Waals surface area contributed by atoms with E-state index in [4.69, 9.17) is 0 Å². The van der Waals surface area contributed by atoms with Crippen LogP contribution in [-0.4, -0.2) is 32.8 Å². The van der Waals surface area contributed by atoms with Crippen LogP contribution in [0.2, 0.25) is 0 Å². The fourth-order valence-corrected chi connectivity index (χ4v) is 3.78. The molecule has 0 saturated heterocycles. The van der Waals surface area contributed by atoms with E-state index in [1.807, 2.05) is 19.1 Å². The summed E-state index contributed by atoms with van der Waals surface area (Å²) in [7, 11) is 0. The van der Waals surface area contributed by atoms with Crippen LogP contribution in [0, 0.1) is 17.0 Å². The normalized spacial score (nSPS) is 10.3. The van der Waals surface area contributed by atoms with Crippen LogP contribution in [0.3, 0.4) is 0 Å². The van der Waals surface area contributed by atoms with Crippen molar-refractivity contribution in [2.75, 3.05) is 21.7 Å². The van der Waals surface area contributed by atoms with Crippen molar-refractivity contribution < 1.29 is 14.5 Å². The van der Waals surface area contributed by atoms with E-state index in [1.165, 1.54) is 18.2 Å². The number of non-ortho nitro benzene ring substituents is 1. The molecule has 0 bridgehead atoms. The number of amides is 3. The third-order valence-electron chi connectivity index (χ3n) is 3.60. The molecular formula is C18H16N6O4S2. The number of nitro benzene ring substituents is 1. The quantitative estimate of drug-likeness (QED) is 0.215. The van der Waals surface area contributed by atoms with E-state index in [9.17, 15) is 19.7 Å². The Hall–Kier alpha value is -3.51. The van der Waals surface area contributed by atoms with E-state index in [1.54, 1.807) is 18.2 Å². The zero-order valence-corrected chi connectivity index (χ0v) is 17.3. The van der Waals surface area contributed by atoms with Crippen LogP contribution in [0.5, 0.6) is 0 Å². The smallest absolute Gasteiger partial charge is 0.325 e. The monoisotopic (exact) mass is 444 g/mol. The van der Waals surface area contributed by atoms with Crippen molar-refractivity contribution in [2.24, 2.45) is 0 Å². The summed E-state index contributed by atoms with van der Waals surface area (Å²) in [5, 5.41) is 26.7. The SMILES string of the molecule is Cc1ccc(NC(=O)Nc2nnc(SCC(=O)Nc3cccc([N+](=O)[O-])c3)s2)cc1. The van der Waals surface area contributed by atoms with Gasteiger partial charge in [0.2, 0.25) is 11.0 Å². The minimum absolute atomic E-state index is 0.0346. The van der Waals surface area contributed by atoms with Crippen molar-refractivity contribution >= 4 is 57.2 Å². The standard InChI is InChI=1S/C18H16N6O4S2/c1-11-5-7-12(8-6-11)20-16(26)21-17-22-23-18(30-17)29-10-15(25)19-13-3-2-4-14(9-13)24(27)28/h2-9H,10H2,1H3,(H,19,25)(H2,20,21,22,26). The summed E-state index contributed by atoms with van der Waals surface area (Å²) in [4.78, 5) is 34.3. The number of nitrogens with one attached hydrogen (secondary N) is 3. The summed E-state index contributed by atoms with van der Waals surface area (Å²) in [6, 6.07) is 12.6. The molecule has 0 fully saturated rings. The molecule has 0 unspecified atom stereocenters. The lowest BCUT2D eigenvalue weighted by molar-refractivity contribution is -0.384. The number of aryl methyl sites for hydroxylation is 1. The Bertz CT molecular complexity index is 1070. The van der Waals surface area contributed by atoms with E-state index in [0.717, 1.165) is 28.7 Å². The van der Waals surface area contributed by atoms with E-state index in [2.05, 4.69) is 26.1 Å². The van der Waals surface area contributed by atoms with E-state index in [0.29, 0.717) is 20.8 Å². The van der Waals surface area contributed by atoms with Gasteiger partial charge in [0, 0.05) is 23.5 Å². The van der Waals surface area contributed by atoms with Gasteiger partial charge in [0.15, 0.2) is 4.34 Å². The van der Waals surface area contributed by atoms with Gasteiger partial charge in [-0.3, -0.25) is 20.2 Å². The van der Waals surface area contributed by atoms with Crippen LogP contribution < -0.4 is 16.0 Å². The van der Waals surface area contributed by atoms with Crippen molar-refractivity contribution in [1.82, 2.24) is 10.2 Å². The van der Waals surface area contributed by atoms with Gasteiger partial charge in [0.1, 0.15) is 0 Å². The molecule has 3 amide bonds. The third-order valence-corrected chi connectivity index (χ3v) is 5.58. The number of thioether (sulfide) groups is 1. The van der Waals surface area contributed by atoms with E-state index in [-0.39, 0.29) is 17.3 Å². The molecule has 1 aromatic heterocycles. The molecule has 3 aromatic rings. The highest BCUT2D eigenvalue weighted by atomic mass is 32.2. The van der Waals surface area contributed by atoms with Crippen LogP contribution >= 0.6 is 23.1 Å². The molecule has 0 spiro atoms. The van der Waals surface area contributed by atoms with Crippen molar-refractivity contribution in [3.8, 4) is 0 Å². The summed E-state index contributed by atoms with van der Waals surface area (Å²) < 4.78 is 0.495. The summed E-state index contributed by atoms with van der Waals surface area (Å²) in [5.74, 6) is -0.310. The van der Waals surface area contributed by atoms with Gasteiger partial charge in [-0.15, -0.1) is 10.2 Å². The van der Waals surface area contributed by atoms with E-state index < -0.39 is 11.0 Å². The minimum Gasteiger partial charge on any atom is -0.325 e. The topological polar surface area (TPSA) is 139 Å². The van der Waals surface area contributed by atoms with Crippen LogP contribution in [0.15, 0.2) is 52.9 Å². The van der Waals surface area contributed by atoms with Crippen molar-refractivity contribution in [2.45, 2.75) is 11.3 Å². The molecule has 0 atom stereocenters. The van der Waals surface area contributed by atoms with Gasteiger partial charge in [-0.1, -0.05) is 46.9 Å². The molecule has 0 radical (unpaired) electrons. The Morgan fingerprint density at radius 3 is 2.57 bits per heavy atom. The second-order valence-corrected chi connectivity index (χ2v) is 8.16. The molecule has 154 valence electrons. The second kappa shape index (κ2) is 9.80. The van der Waals surface area contributed by atoms with Crippen LogP contribution in [0.1, 0.15) is 5.56 Å². The highest BCUT2D eigenvalue weighted by molar-refractivity contribution is 8.01. The van der Waals surface area contributed by atoms with E-state index >= 15 is 0 Å². The largest absolute Gasteiger partial charge is 0.325 e. The number of hydrogen-bond acceptors (Lipinski definition) is 8. The Labute approximate surface area is 179 Å². The Morgan fingerprint density at radius 1 is 1.07 bits per heavy atom. The van der Waals surface area contributed by atoms with Gasteiger partial charge in [-0.05, 0) is 25.1 Å². The van der Waals surface area contributed by atoms with Crippen molar-refractivity contribution in [3.63, 3.8) is 0 Å². The first kappa shape index (κ1) is 21.2. The molecule has 3 rings (SSSR count). The first-order valence-corrected chi connectivity index (χ1v) is 10.3. The maximum absolute atomic E-state index is 12.1. The number of benzene rings is 2. The predicted molar refractivity (Wildman–Crippen MR) is 116 cm³/mol. The molecular weight excluding hydrogens is 428 g/mol. The number of rotatable bonds is 7. The lowest BCUT2D eigenvalue weighted by atomic mass is 10.2. The number of aromatic nitrogens is 2. The molecule has 0 saturated carbocycles. The maximum Gasteiger partial charge on any atom is 0.325 e. The van der Waals surface area contributed by atoms with Gasteiger partial charge in [-0.25, -0.2) is 4.79 Å². The van der Waals surface area contributed by atoms with Gasteiger partial charge in [0.25, 0.3) is 5.69 Å². The van der Waals surface area contributed by atoms with Gasteiger partial charge in [-0.2, -0.15) is 0 Å². The molecule has 1 heterocycles. The highest BCUT2D eigenvalue weighted by Gasteiger charge is 2.12. The highest BCUT2D eigenvalue weighted by Crippen LogP contribution is 2.26. The number of urea groups is 1. The summed E-state index contributed by atoms with van der Waals surface area (Å²) in [6.45, 7) is 1.95. The van der Waals surface area contributed by atoms with Crippen LogP contribution in [-0.2, 0) is 4.79 Å². The van der Waals surface area contributed by atoms with Gasteiger partial charge >= 0.3 is 6.03 Å². The van der Waals surface area contributed by atoms with Crippen LogP contribution in [0.25, 0.3) is 0 Å². The lowest BCUT2D eigenvalue weighted by Gasteiger charge is -2.05. The fourth-order valence-electron chi connectivity index (χ4n) is 2.24. The number of anilines is 3. The molecule has 30 heavy (non-hydrogen) atoms. The molecule has 0 aliphatic rings. The fraction of sp³-hybridized carbons (Fsp3) is 0.111. The van der Waals surface area contributed by atoms with Crippen molar-refractivity contribution in [3.05, 3.63) is 64.2 Å². The average Bonchev–Trinajstić information content (AvgIpc) is 3.15. The van der Waals surface area contributed by atoms with Gasteiger partial charge in [0.05, 0.1) is 10.7 Å². The van der Waals surface area contributed by atoms with Crippen LogP contribution in [0.4, 0.5) is 27.0 Å². The molecule has 3 N–H and O–H groups in total. The third kappa shape index (κ3) is 6.25. The number of nitrogens with zero attached hydrogens (tertiary/aromatic N) is 3. The minimum atomic E-state index is -0.533. The molecule has 12 heteroatoms. The number of hydrogen-bond donors (Lipinski definition) is 3. The van der Waals surface area contributed by atoms with Crippen molar-refractivity contribution in [1.29, 1.82) is 0 Å². The Balaban J connectivity index is 1.47. The number of carbonyl (C=O) groups is 2. The molecule has 10 nitrogen and oxygen atoms in total. The lowest BCUT2D eigenvalue weighted by Crippen LogP contribution is -2.19. The summed E-state index contributed by atoms with van der Waals surface area (Å²) in [6.07, 6.45) is 0. The predicted octanol–water partition coefficient (Wildman–Crippen LogP) is 4.13. The Morgan fingerprint density at radius 2 is 1.83 bits per heavy atom. The number of nitro groups is 1. The first-order chi connectivity index (χ1) is 14.4. The zero-order chi connectivity index (χ0) is 21.5.